The van der Waals surface area contributed by atoms with Crippen molar-refractivity contribution in [3.8, 4) is 6.07 Å². The Balaban J connectivity index is 1.53. The highest BCUT2D eigenvalue weighted by molar-refractivity contribution is 5.50. The van der Waals surface area contributed by atoms with Crippen molar-refractivity contribution in [1.82, 2.24) is 14.7 Å². The average Bonchev–Trinajstić information content (AvgIpc) is 3.11. The molecular formula is C22H24F5N5O3. The van der Waals surface area contributed by atoms with Crippen molar-refractivity contribution < 1.29 is 36.9 Å². The van der Waals surface area contributed by atoms with Gasteiger partial charge in [-0.05, 0) is 24.6 Å². The Morgan fingerprint density at radius 1 is 1.29 bits per heavy atom. The zero-order valence-corrected chi connectivity index (χ0v) is 18.5. The second-order valence-corrected chi connectivity index (χ2v) is 8.81. The summed E-state index contributed by atoms with van der Waals surface area (Å²) in [5, 5.41) is 37.4. The second-order valence-electron chi connectivity index (χ2n) is 8.81. The lowest BCUT2D eigenvalue weighted by molar-refractivity contribution is -0.0927. The third-order valence-corrected chi connectivity index (χ3v) is 6.17. The zero-order chi connectivity index (χ0) is 25.4. The number of ether oxygens (including phenoxy) is 1. The number of aromatic nitrogens is 2. The maximum atomic E-state index is 15.2. The van der Waals surface area contributed by atoms with E-state index in [1.54, 1.807) is 6.07 Å². The Bertz CT molecular complexity index is 1120. The normalized spacial score (nSPS) is 22.7. The molecule has 1 aromatic carbocycles. The van der Waals surface area contributed by atoms with Gasteiger partial charge in [-0.1, -0.05) is 0 Å². The van der Waals surface area contributed by atoms with Crippen molar-refractivity contribution in [2.24, 2.45) is 0 Å². The minimum absolute atomic E-state index is 0.0823. The first kappa shape index (κ1) is 25.3. The van der Waals surface area contributed by atoms with E-state index >= 15 is 8.78 Å². The van der Waals surface area contributed by atoms with Crippen LogP contribution in [-0.2, 0) is 30.2 Å². The van der Waals surface area contributed by atoms with E-state index in [-0.39, 0.29) is 55.0 Å². The topological polar surface area (TPSA) is 107 Å². The number of aliphatic hydroxyl groups excluding tert-OH is 1. The number of benzene rings is 1. The molecule has 2 aliphatic heterocycles. The van der Waals surface area contributed by atoms with Crippen LogP contribution in [0.25, 0.3) is 0 Å². The molecule has 3 N–H and O–H groups in total. The molecule has 13 heteroatoms. The van der Waals surface area contributed by atoms with Crippen LogP contribution in [0.2, 0.25) is 0 Å². The third-order valence-electron chi connectivity index (χ3n) is 6.17. The molecular weight excluding hydrogens is 477 g/mol. The van der Waals surface area contributed by atoms with E-state index in [4.69, 9.17) is 10.00 Å². The molecule has 0 bridgehead atoms. The van der Waals surface area contributed by atoms with Crippen molar-refractivity contribution >= 4 is 5.69 Å². The molecule has 8 nitrogen and oxygen atoms in total. The van der Waals surface area contributed by atoms with Crippen molar-refractivity contribution in [3.63, 3.8) is 0 Å². The third kappa shape index (κ3) is 5.40. The van der Waals surface area contributed by atoms with E-state index in [2.05, 4.69) is 10.4 Å². The maximum absolute atomic E-state index is 15.2. The van der Waals surface area contributed by atoms with Crippen molar-refractivity contribution in [2.75, 3.05) is 25.1 Å². The second kappa shape index (κ2) is 9.69. The SMILES string of the molecule is N#Cc1cc(NC(O)N2CCc3nn4c(c3C2)C(F)(F)CC[C@@](O)(COCC(F)F)C4)ccc1F. The number of hydrogen-bond acceptors (Lipinski definition) is 7. The fraction of sp³-hybridized carbons (Fsp3) is 0.545. The van der Waals surface area contributed by atoms with Crippen LogP contribution in [0.5, 0.6) is 0 Å². The number of hydrogen-bond donors (Lipinski definition) is 3. The van der Waals surface area contributed by atoms with Gasteiger partial charge < -0.3 is 20.3 Å². The lowest BCUT2D eigenvalue weighted by Crippen LogP contribution is -2.44. The largest absolute Gasteiger partial charge is 0.386 e. The van der Waals surface area contributed by atoms with E-state index in [0.717, 1.165) is 10.7 Å². The van der Waals surface area contributed by atoms with Gasteiger partial charge in [-0.15, -0.1) is 0 Å². The maximum Gasteiger partial charge on any atom is 0.289 e. The molecule has 0 spiro atoms. The molecule has 0 saturated carbocycles. The van der Waals surface area contributed by atoms with E-state index in [1.807, 2.05) is 0 Å². The van der Waals surface area contributed by atoms with Gasteiger partial charge in [0.1, 0.15) is 29.8 Å². The number of fused-ring (bicyclic) bond motifs is 3. The van der Waals surface area contributed by atoms with Crippen LogP contribution < -0.4 is 5.32 Å². The molecule has 35 heavy (non-hydrogen) atoms. The Hall–Kier alpha value is -2.79. The Morgan fingerprint density at radius 2 is 2.06 bits per heavy atom. The lowest BCUT2D eigenvalue weighted by Gasteiger charge is -2.32. The van der Waals surface area contributed by atoms with Gasteiger partial charge in [-0.3, -0.25) is 9.58 Å². The van der Waals surface area contributed by atoms with E-state index in [1.165, 1.54) is 17.0 Å². The molecule has 3 heterocycles. The summed E-state index contributed by atoms with van der Waals surface area (Å²) < 4.78 is 74.5. The van der Waals surface area contributed by atoms with Crippen LogP contribution in [-0.4, -0.2) is 63.0 Å². The van der Waals surface area contributed by atoms with E-state index in [0.29, 0.717) is 5.69 Å². The molecule has 190 valence electrons. The summed E-state index contributed by atoms with van der Waals surface area (Å²) in [6.07, 6.45) is -4.94. The fourth-order valence-electron chi connectivity index (χ4n) is 4.44. The van der Waals surface area contributed by atoms with Crippen LogP contribution in [0.3, 0.4) is 0 Å². The van der Waals surface area contributed by atoms with Gasteiger partial charge in [-0.25, -0.2) is 13.2 Å². The summed E-state index contributed by atoms with van der Waals surface area (Å²) in [7, 11) is 0. The molecule has 1 unspecified atom stereocenters. The van der Waals surface area contributed by atoms with Gasteiger partial charge in [0.15, 0.2) is 6.35 Å². The van der Waals surface area contributed by atoms with E-state index in [9.17, 15) is 23.4 Å². The van der Waals surface area contributed by atoms with Crippen LogP contribution in [0.1, 0.15) is 35.4 Å². The molecule has 0 radical (unpaired) electrons. The van der Waals surface area contributed by atoms with Gasteiger partial charge >= 0.3 is 0 Å². The van der Waals surface area contributed by atoms with Gasteiger partial charge in [-0.2, -0.15) is 19.1 Å². The number of nitrogens with one attached hydrogen (secondary N) is 1. The van der Waals surface area contributed by atoms with Crippen molar-refractivity contribution in [3.05, 3.63) is 46.5 Å². The monoisotopic (exact) mass is 501 g/mol. The highest BCUT2D eigenvalue weighted by atomic mass is 19.3. The van der Waals surface area contributed by atoms with Gasteiger partial charge in [0.05, 0.1) is 24.4 Å². The predicted molar refractivity (Wildman–Crippen MR) is 112 cm³/mol. The number of rotatable bonds is 7. The number of aliphatic hydroxyl groups is 2. The molecule has 1 aromatic heterocycles. The smallest absolute Gasteiger partial charge is 0.289 e. The summed E-state index contributed by atoms with van der Waals surface area (Å²) in [5.74, 6) is -4.06. The molecule has 0 aliphatic carbocycles. The highest BCUT2D eigenvalue weighted by Crippen LogP contribution is 2.42. The summed E-state index contributed by atoms with van der Waals surface area (Å²) in [4.78, 5) is 1.49. The molecule has 2 atom stereocenters. The standard InChI is InChI=1S/C22H24F5N5O3/c23-16-2-1-14(7-13(16)8-28)29-20(33)31-6-3-17-15(9-31)19-22(26,27)5-4-21(34,11-32(19)30-17)12-35-10-18(24)25/h1-2,7,18,20,29,33-34H,3-6,9-12H2/t20?,21-/m0/s1. The van der Waals surface area contributed by atoms with Crippen LogP contribution in [0, 0.1) is 17.1 Å². The number of alkyl halides is 4. The van der Waals surface area contributed by atoms with Gasteiger partial charge in [0.2, 0.25) is 0 Å². The first-order valence-electron chi connectivity index (χ1n) is 10.9. The number of halogens is 5. The van der Waals surface area contributed by atoms with Crippen LogP contribution in [0.15, 0.2) is 18.2 Å². The summed E-state index contributed by atoms with van der Waals surface area (Å²) in [5.41, 5.74) is -1.50. The molecule has 0 saturated heterocycles. The van der Waals surface area contributed by atoms with Gasteiger partial charge in [0, 0.05) is 37.2 Å². The Morgan fingerprint density at radius 3 is 2.77 bits per heavy atom. The predicted octanol–water partition coefficient (Wildman–Crippen LogP) is 2.54. The molecule has 4 rings (SSSR count). The molecule has 0 fully saturated rings. The van der Waals surface area contributed by atoms with Gasteiger partial charge in [0.25, 0.3) is 12.3 Å². The minimum atomic E-state index is -3.35. The number of nitriles is 1. The van der Waals surface area contributed by atoms with Crippen molar-refractivity contribution in [2.45, 2.75) is 56.7 Å². The Labute approximate surface area is 197 Å². The summed E-state index contributed by atoms with van der Waals surface area (Å²) >= 11 is 0. The first-order valence-corrected chi connectivity index (χ1v) is 10.9. The lowest BCUT2D eigenvalue weighted by atomic mass is 9.95. The van der Waals surface area contributed by atoms with Crippen LogP contribution in [0.4, 0.5) is 27.6 Å². The molecule has 2 aliphatic rings. The number of nitrogens with zero attached hydrogens (tertiary/aromatic N) is 4. The summed E-state index contributed by atoms with van der Waals surface area (Å²) in [6.45, 7) is -1.61. The Kier molecular flexibility index (Phi) is 7.01. The quantitative estimate of drug-likeness (QED) is 0.396. The van der Waals surface area contributed by atoms with Crippen molar-refractivity contribution in [1.29, 1.82) is 5.26 Å². The first-order chi connectivity index (χ1) is 16.5. The zero-order valence-electron chi connectivity index (χ0n) is 18.5. The average molecular weight is 501 g/mol. The molecule has 2 aromatic rings. The summed E-state index contributed by atoms with van der Waals surface area (Å²) in [6, 6.07) is 5.34. The van der Waals surface area contributed by atoms with Crippen LogP contribution >= 0.6 is 0 Å². The highest BCUT2D eigenvalue weighted by Gasteiger charge is 2.47. The van der Waals surface area contributed by atoms with E-state index < -0.39 is 49.8 Å². The molecule has 0 amide bonds. The minimum Gasteiger partial charge on any atom is -0.386 e. The fourth-order valence-corrected chi connectivity index (χ4v) is 4.44. The number of anilines is 1.